The van der Waals surface area contributed by atoms with Crippen LogP contribution in [0.4, 0.5) is 0 Å². The van der Waals surface area contributed by atoms with E-state index in [0.29, 0.717) is 52.9 Å². The van der Waals surface area contributed by atoms with Crippen molar-refractivity contribution in [2.45, 2.75) is 79.7 Å². The van der Waals surface area contributed by atoms with E-state index in [0.717, 1.165) is 0 Å². The van der Waals surface area contributed by atoms with E-state index in [1.54, 1.807) is 6.92 Å². The van der Waals surface area contributed by atoms with Crippen molar-refractivity contribution in [1.29, 1.82) is 0 Å². The molecule has 4 aliphatic heterocycles. The van der Waals surface area contributed by atoms with Gasteiger partial charge in [0.05, 0.1) is 67.1 Å². The molecule has 70 heavy (non-hydrogen) atoms. The minimum absolute atomic E-state index is 0.0463. The summed E-state index contributed by atoms with van der Waals surface area (Å²) < 4.78 is 34.3. The number of amides is 2. The maximum absolute atomic E-state index is 10.6. The van der Waals surface area contributed by atoms with Gasteiger partial charge in [-0.15, -0.1) is 0 Å². The van der Waals surface area contributed by atoms with Crippen LogP contribution in [0.15, 0.2) is 134 Å². The fraction of sp³-hybridized carbons (Fsp3) is 0.250. The molecule has 2 N–H and O–H groups in total. The van der Waals surface area contributed by atoms with E-state index in [1.807, 2.05) is 0 Å². The Bertz CT molecular complexity index is 2660. The second kappa shape index (κ2) is 23.0. The molecule has 0 saturated heterocycles. The van der Waals surface area contributed by atoms with Gasteiger partial charge in [-0.3, -0.25) is 9.59 Å². The van der Waals surface area contributed by atoms with E-state index in [2.05, 4.69) is 148 Å². The Balaban J connectivity index is 0.000000278. The van der Waals surface area contributed by atoms with E-state index in [1.165, 1.54) is 116 Å². The smallest absolute Gasteiger partial charge is 0.353 e. The SMILES string of the molecule is C=C(NC(C)=O)C(=O)OC.COC(=O)C(C)NC(C)=O.c1ccc(P(c2ccccc2)c2c3c(c4c(c2-c2c5c(c6c(c2P(c2ccccc2)c2ccccc2)COC6)COC5)COC4)COC3)cc1. The highest BCUT2D eigenvalue weighted by molar-refractivity contribution is 7.81. The van der Waals surface area contributed by atoms with Crippen molar-refractivity contribution in [3.63, 3.8) is 0 Å². The van der Waals surface area contributed by atoms with Crippen LogP contribution in [0.5, 0.6) is 0 Å². The molecule has 0 aromatic heterocycles. The Labute approximate surface area is 411 Å². The number of rotatable bonds is 11. The summed E-state index contributed by atoms with van der Waals surface area (Å²) in [4.78, 5) is 41.8. The minimum atomic E-state index is -0.953. The molecule has 2 amide bonds. The Morgan fingerprint density at radius 1 is 0.486 bits per heavy atom. The third kappa shape index (κ3) is 10.7. The molecule has 10 rings (SSSR count). The van der Waals surface area contributed by atoms with Crippen LogP contribution in [0.2, 0.25) is 0 Å². The van der Waals surface area contributed by atoms with E-state index in [-0.39, 0.29) is 17.5 Å². The third-order valence-electron chi connectivity index (χ3n) is 12.3. The van der Waals surface area contributed by atoms with Crippen LogP contribution in [0.1, 0.15) is 65.3 Å². The van der Waals surface area contributed by atoms with Gasteiger partial charge in [-0.2, -0.15) is 0 Å². The van der Waals surface area contributed by atoms with Crippen LogP contribution < -0.4 is 42.5 Å². The largest absolute Gasteiger partial charge is 0.467 e. The molecule has 12 nitrogen and oxygen atoms in total. The van der Waals surface area contributed by atoms with Crippen molar-refractivity contribution in [3.05, 3.63) is 178 Å². The Kier molecular flexibility index (Phi) is 16.5. The second-order valence-corrected chi connectivity index (χ2v) is 21.2. The highest BCUT2D eigenvalue weighted by Gasteiger charge is 2.40. The fourth-order valence-corrected chi connectivity index (χ4v) is 14.7. The van der Waals surface area contributed by atoms with Gasteiger partial charge in [0.2, 0.25) is 11.8 Å². The first-order valence-electron chi connectivity index (χ1n) is 22.9. The number of carbonyl (C=O) groups excluding carboxylic acids is 4. The lowest BCUT2D eigenvalue weighted by Crippen LogP contribution is -2.37. The number of benzene rings is 6. The van der Waals surface area contributed by atoms with Crippen molar-refractivity contribution in [2.24, 2.45) is 0 Å². The molecule has 0 aliphatic carbocycles. The highest BCUT2D eigenvalue weighted by Crippen LogP contribution is 2.51. The second-order valence-electron chi connectivity index (χ2n) is 16.9. The zero-order valence-electron chi connectivity index (χ0n) is 40.0. The lowest BCUT2D eigenvalue weighted by Gasteiger charge is -2.32. The summed E-state index contributed by atoms with van der Waals surface area (Å²) in [5.74, 6) is -1.64. The normalized spacial score (nSPS) is 14.2. The fourth-order valence-electron chi connectivity index (χ4n) is 9.33. The van der Waals surface area contributed by atoms with Crippen molar-refractivity contribution >= 4 is 71.4 Å². The van der Waals surface area contributed by atoms with Gasteiger partial charge < -0.3 is 39.1 Å². The number of hydrogen-bond acceptors (Lipinski definition) is 10. The maximum atomic E-state index is 10.6. The van der Waals surface area contributed by atoms with Crippen LogP contribution in [0.3, 0.4) is 0 Å². The zero-order chi connectivity index (χ0) is 49.3. The van der Waals surface area contributed by atoms with Gasteiger partial charge in [-0.1, -0.05) is 128 Å². The number of methoxy groups -OCH3 is 2. The molecule has 0 radical (unpaired) electrons. The average molecular weight is 979 g/mol. The van der Waals surface area contributed by atoms with Crippen LogP contribution >= 0.6 is 15.8 Å². The van der Waals surface area contributed by atoms with Gasteiger partial charge in [0.15, 0.2) is 0 Å². The molecule has 0 spiro atoms. The lowest BCUT2D eigenvalue weighted by atomic mass is 9.85. The summed E-state index contributed by atoms with van der Waals surface area (Å²) in [6, 6.07) is 44.0. The topological polar surface area (TPSA) is 148 Å². The first kappa shape index (κ1) is 50.0. The van der Waals surface area contributed by atoms with Gasteiger partial charge in [0.25, 0.3) is 0 Å². The third-order valence-corrected chi connectivity index (χ3v) is 17.4. The van der Waals surface area contributed by atoms with Gasteiger partial charge in [0.1, 0.15) is 11.7 Å². The molecular formula is C56H56N2O10P2. The number of ether oxygens (including phenoxy) is 6. The van der Waals surface area contributed by atoms with E-state index < -0.39 is 33.8 Å². The zero-order valence-corrected chi connectivity index (χ0v) is 41.8. The molecular weight excluding hydrogens is 923 g/mol. The summed E-state index contributed by atoms with van der Waals surface area (Å²) in [5, 5.41) is 12.8. The maximum Gasteiger partial charge on any atom is 0.353 e. The summed E-state index contributed by atoms with van der Waals surface area (Å²) in [5.41, 5.74) is 13.3. The van der Waals surface area contributed by atoms with Gasteiger partial charge in [-0.25, -0.2) is 9.59 Å². The van der Waals surface area contributed by atoms with Crippen molar-refractivity contribution in [3.8, 4) is 11.1 Å². The molecule has 0 fully saturated rings. The van der Waals surface area contributed by atoms with Crippen LogP contribution in [0, 0.1) is 0 Å². The van der Waals surface area contributed by atoms with Crippen molar-refractivity contribution < 1.29 is 47.6 Å². The first-order valence-corrected chi connectivity index (χ1v) is 25.6. The number of carbonyl (C=O) groups is 4. The van der Waals surface area contributed by atoms with Crippen LogP contribution in [-0.2, 0) is 100 Å². The summed E-state index contributed by atoms with van der Waals surface area (Å²) in [6.45, 7) is 12.4. The minimum Gasteiger partial charge on any atom is -0.467 e. The van der Waals surface area contributed by atoms with E-state index in [9.17, 15) is 19.2 Å². The van der Waals surface area contributed by atoms with E-state index >= 15 is 0 Å². The molecule has 1 atom stereocenters. The molecule has 4 heterocycles. The predicted octanol–water partition coefficient (Wildman–Crippen LogP) is 6.48. The molecule has 360 valence electrons. The number of fused-ring (bicyclic) bond motifs is 6. The average Bonchev–Trinajstić information content (AvgIpc) is 4.23. The molecule has 6 aromatic carbocycles. The van der Waals surface area contributed by atoms with Gasteiger partial charge in [-0.05, 0) is 110 Å². The van der Waals surface area contributed by atoms with Crippen molar-refractivity contribution in [1.82, 2.24) is 10.6 Å². The Morgan fingerprint density at radius 3 is 1.10 bits per heavy atom. The molecule has 0 bridgehead atoms. The monoisotopic (exact) mass is 978 g/mol. The summed E-state index contributed by atoms with van der Waals surface area (Å²) in [7, 11) is 0.590. The number of nitrogens with one attached hydrogen (secondary N) is 2. The van der Waals surface area contributed by atoms with Gasteiger partial charge >= 0.3 is 11.9 Å². The van der Waals surface area contributed by atoms with Gasteiger partial charge in [0, 0.05) is 13.8 Å². The predicted molar refractivity (Wildman–Crippen MR) is 274 cm³/mol. The van der Waals surface area contributed by atoms with E-state index in [4.69, 9.17) is 18.9 Å². The van der Waals surface area contributed by atoms with Crippen molar-refractivity contribution in [2.75, 3.05) is 14.2 Å². The number of hydrogen-bond donors (Lipinski definition) is 2. The Hall–Kier alpha value is -6.36. The highest BCUT2D eigenvalue weighted by atomic mass is 31.1. The molecule has 1 unspecified atom stereocenters. The van der Waals surface area contributed by atoms with Crippen LogP contribution in [-0.4, -0.2) is 44.0 Å². The Morgan fingerprint density at radius 2 is 0.800 bits per heavy atom. The standard InChI is InChI=1S/C44H36O4P2.C6H11NO3.C6H9NO3/c1-5-13-29(14-6-1)49(30-15-7-2-8-16-30)43-39-27-47-23-35(39)33-21-45-25-37(33)41(43)42-38-26-46-22-34(38)36-24-48-28-40(36)44(42)50(31-17-9-3-10-18-31)32-19-11-4-12-20-32;2*1-4(6(9)10-3)7-5(2)8/h1-20H,21-28H2;4H,1-3H3,(H,7,8);1H2,2-3H3,(H,7,8). The number of esters is 2. The summed E-state index contributed by atoms with van der Waals surface area (Å²) in [6.07, 6.45) is 0. The molecule has 14 heteroatoms. The quantitative estimate of drug-likeness (QED) is 0.0840. The lowest BCUT2D eigenvalue weighted by molar-refractivity contribution is -0.144. The molecule has 0 saturated carbocycles. The van der Waals surface area contributed by atoms with Crippen LogP contribution in [0.25, 0.3) is 11.1 Å². The first-order chi connectivity index (χ1) is 34.0. The molecule has 4 aliphatic rings. The molecule has 6 aromatic rings. The summed E-state index contributed by atoms with van der Waals surface area (Å²) >= 11 is 0.